The number of rotatable bonds is 6. The normalized spacial score (nSPS) is 11.0. The van der Waals surface area contributed by atoms with Crippen molar-refractivity contribution in [3.8, 4) is 0 Å². The van der Waals surface area contributed by atoms with Gasteiger partial charge in [0.2, 0.25) is 0 Å². The Morgan fingerprint density at radius 2 is 1.68 bits per heavy atom. The maximum Gasteiger partial charge on any atom is 0.337 e. The summed E-state index contributed by atoms with van der Waals surface area (Å²) in [4.78, 5) is 36.4. The number of carbonyl (C=O) groups excluding carboxylic acids is 3. The average Bonchev–Trinajstić information content (AvgIpc) is 3.41. The van der Waals surface area contributed by atoms with E-state index in [2.05, 4.69) is 15.4 Å². The number of hydrogen-bond donors (Lipinski definition) is 2. The zero-order valence-corrected chi connectivity index (χ0v) is 14.8. The summed E-state index contributed by atoms with van der Waals surface area (Å²) in [6.07, 6.45) is 4.19. The summed E-state index contributed by atoms with van der Waals surface area (Å²) in [5.41, 5.74) is 0.724. The highest BCUT2D eigenvalue weighted by atomic mass is 16.5. The van der Waals surface area contributed by atoms with Crippen LogP contribution in [0.3, 0.4) is 0 Å². The third-order valence-corrected chi connectivity index (χ3v) is 3.63. The third kappa shape index (κ3) is 4.55. The molecular formula is C20H16N2O6. The number of furan rings is 2. The minimum atomic E-state index is -0.584. The van der Waals surface area contributed by atoms with Crippen LogP contribution in [0.1, 0.15) is 26.7 Å². The Labute approximate surface area is 159 Å². The van der Waals surface area contributed by atoms with Gasteiger partial charge in [-0.2, -0.15) is 0 Å². The minimum Gasteiger partial charge on any atom is -0.465 e. The smallest absolute Gasteiger partial charge is 0.337 e. The van der Waals surface area contributed by atoms with Gasteiger partial charge in [0, 0.05) is 11.8 Å². The Bertz CT molecular complexity index is 986. The van der Waals surface area contributed by atoms with Crippen LogP contribution in [0, 0.1) is 0 Å². The second-order valence-electron chi connectivity index (χ2n) is 5.53. The van der Waals surface area contributed by atoms with Gasteiger partial charge in [-0.05, 0) is 48.5 Å². The van der Waals surface area contributed by atoms with Crippen LogP contribution in [0.5, 0.6) is 0 Å². The second kappa shape index (κ2) is 8.54. The number of esters is 1. The van der Waals surface area contributed by atoms with E-state index in [0.717, 1.165) is 0 Å². The van der Waals surface area contributed by atoms with E-state index in [1.807, 2.05) is 0 Å². The van der Waals surface area contributed by atoms with Crippen molar-refractivity contribution < 1.29 is 28.0 Å². The molecule has 1 aromatic carbocycles. The molecule has 0 spiro atoms. The number of amides is 2. The lowest BCUT2D eigenvalue weighted by atomic mass is 10.2. The van der Waals surface area contributed by atoms with E-state index in [1.54, 1.807) is 30.3 Å². The standard InChI is InChI=1S/C20H16N2O6/c1-26-20(25)13-6-8-14(9-7-13)21-18(23)16(12-15-4-2-10-27-15)22-19(24)17-5-3-11-28-17/h2-12H,1H3,(H,21,23)(H,22,24)/b16-12+. The van der Waals surface area contributed by atoms with Gasteiger partial charge in [0.25, 0.3) is 11.8 Å². The Hall–Kier alpha value is -4.07. The first kappa shape index (κ1) is 18.7. The summed E-state index contributed by atoms with van der Waals surface area (Å²) in [5.74, 6) is -1.21. The highest BCUT2D eigenvalue weighted by Gasteiger charge is 2.17. The van der Waals surface area contributed by atoms with Crippen molar-refractivity contribution in [3.05, 3.63) is 83.8 Å². The molecule has 0 aliphatic carbocycles. The molecule has 2 aromatic heterocycles. The van der Waals surface area contributed by atoms with Crippen LogP contribution in [0.2, 0.25) is 0 Å². The van der Waals surface area contributed by atoms with E-state index in [4.69, 9.17) is 8.83 Å². The second-order valence-corrected chi connectivity index (χ2v) is 5.53. The molecule has 0 atom stereocenters. The Morgan fingerprint density at radius 1 is 0.964 bits per heavy atom. The summed E-state index contributed by atoms with van der Waals surface area (Å²) < 4.78 is 14.9. The highest BCUT2D eigenvalue weighted by Crippen LogP contribution is 2.13. The van der Waals surface area contributed by atoms with E-state index in [9.17, 15) is 14.4 Å². The number of methoxy groups -OCH3 is 1. The van der Waals surface area contributed by atoms with Gasteiger partial charge in [-0.1, -0.05) is 0 Å². The lowest BCUT2D eigenvalue weighted by molar-refractivity contribution is -0.113. The zero-order chi connectivity index (χ0) is 19.9. The fourth-order valence-corrected chi connectivity index (χ4v) is 2.27. The number of nitrogens with one attached hydrogen (secondary N) is 2. The summed E-state index contributed by atoms with van der Waals surface area (Å²) >= 11 is 0. The first-order chi connectivity index (χ1) is 13.6. The molecule has 2 heterocycles. The molecule has 3 rings (SSSR count). The van der Waals surface area contributed by atoms with Crippen molar-refractivity contribution in [1.29, 1.82) is 0 Å². The van der Waals surface area contributed by atoms with Crippen LogP contribution in [-0.4, -0.2) is 24.9 Å². The molecule has 0 fully saturated rings. The third-order valence-electron chi connectivity index (χ3n) is 3.63. The monoisotopic (exact) mass is 380 g/mol. The van der Waals surface area contributed by atoms with Crippen molar-refractivity contribution in [2.45, 2.75) is 0 Å². The van der Waals surface area contributed by atoms with E-state index in [0.29, 0.717) is 17.0 Å². The van der Waals surface area contributed by atoms with E-state index in [1.165, 1.54) is 43.9 Å². The molecule has 142 valence electrons. The van der Waals surface area contributed by atoms with Crippen molar-refractivity contribution in [2.75, 3.05) is 12.4 Å². The number of hydrogen-bond acceptors (Lipinski definition) is 6. The van der Waals surface area contributed by atoms with Gasteiger partial charge in [0.15, 0.2) is 5.76 Å². The summed E-state index contributed by atoms with van der Waals surface area (Å²) in [6.45, 7) is 0. The molecule has 8 heteroatoms. The van der Waals surface area contributed by atoms with Crippen LogP contribution in [0.25, 0.3) is 6.08 Å². The van der Waals surface area contributed by atoms with Crippen molar-refractivity contribution >= 4 is 29.5 Å². The van der Waals surface area contributed by atoms with Gasteiger partial charge < -0.3 is 24.2 Å². The van der Waals surface area contributed by atoms with Gasteiger partial charge >= 0.3 is 5.97 Å². The van der Waals surface area contributed by atoms with E-state index in [-0.39, 0.29) is 11.5 Å². The van der Waals surface area contributed by atoms with Crippen molar-refractivity contribution in [1.82, 2.24) is 5.32 Å². The van der Waals surface area contributed by atoms with Crippen LogP contribution in [0.4, 0.5) is 5.69 Å². The molecule has 28 heavy (non-hydrogen) atoms. The Morgan fingerprint density at radius 3 is 2.29 bits per heavy atom. The maximum atomic E-state index is 12.7. The quantitative estimate of drug-likeness (QED) is 0.502. The number of carbonyl (C=O) groups is 3. The predicted molar refractivity (Wildman–Crippen MR) is 99.3 cm³/mol. The van der Waals surface area contributed by atoms with Gasteiger partial charge in [-0.15, -0.1) is 0 Å². The molecular weight excluding hydrogens is 364 g/mol. The minimum absolute atomic E-state index is 0.0478. The first-order valence-electron chi connectivity index (χ1n) is 8.16. The van der Waals surface area contributed by atoms with Crippen LogP contribution < -0.4 is 10.6 Å². The fourth-order valence-electron chi connectivity index (χ4n) is 2.27. The molecule has 2 amide bonds. The fraction of sp³-hybridized carbons (Fsp3) is 0.0500. The number of ether oxygens (including phenoxy) is 1. The van der Waals surface area contributed by atoms with Crippen molar-refractivity contribution in [2.24, 2.45) is 0 Å². The zero-order valence-electron chi connectivity index (χ0n) is 14.8. The van der Waals surface area contributed by atoms with Crippen LogP contribution in [0.15, 0.2) is 75.6 Å². The number of anilines is 1. The number of benzene rings is 1. The molecule has 3 aromatic rings. The molecule has 0 radical (unpaired) electrons. The van der Waals surface area contributed by atoms with E-state index >= 15 is 0 Å². The van der Waals surface area contributed by atoms with Gasteiger partial charge in [-0.3, -0.25) is 9.59 Å². The molecule has 8 nitrogen and oxygen atoms in total. The topological polar surface area (TPSA) is 111 Å². The molecule has 0 saturated carbocycles. The van der Waals surface area contributed by atoms with Gasteiger partial charge in [-0.25, -0.2) is 4.79 Å². The molecule has 0 unspecified atom stereocenters. The van der Waals surface area contributed by atoms with Gasteiger partial charge in [0.05, 0.1) is 25.2 Å². The lowest BCUT2D eigenvalue weighted by Crippen LogP contribution is -2.30. The van der Waals surface area contributed by atoms with E-state index < -0.39 is 17.8 Å². The van der Waals surface area contributed by atoms with Crippen LogP contribution in [-0.2, 0) is 9.53 Å². The molecule has 0 bridgehead atoms. The van der Waals surface area contributed by atoms with Gasteiger partial charge in [0.1, 0.15) is 11.5 Å². The molecule has 0 saturated heterocycles. The highest BCUT2D eigenvalue weighted by molar-refractivity contribution is 6.10. The average molecular weight is 380 g/mol. The summed E-state index contributed by atoms with van der Waals surface area (Å²) in [6, 6.07) is 12.4. The lowest BCUT2D eigenvalue weighted by Gasteiger charge is -2.10. The van der Waals surface area contributed by atoms with Crippen LogP contribution >= 0.6 is 0 Å². The SMILES string of the molecule is COC(=O)c1ccc(NC(=O)/C(=C\c2ccco2)NC(=O)c2ccco2)cc1. The maximum absolute atomic E-state index is 12.7. The molecule has 0 aliphatic rings. The molecule has 0 aliphatic heterocycles. The molecule has 2 N–H and O–H groups in total. The Kier molecular flexibility index (Phi) is 5.71. The Balaban J connectivity index is 1.78. The van der Waals surface area contributed by atoms with Crippen molar-refractivity contribution in [3.63, 3.8) is 0 Å². The predicted octanol–water partition coefficient (Wildman–Crippen LogP) is 3.07. The summed E-state index contributed by atoms with van der Waals surface area (Å²) in [7, 11) is 1.28. The summed E-state index contributed by atoms with van der Waals surface area (Å²) in [5, 5.41) is 5.14. The largest absolute Gasteiger partial charge is 0.465 e. The first-order valence-corrected chi connectivity index (χ1v) is 8.16.